The van der Waals surface area contributed by atoms with Crippen molar-refractivity contribution in [2.45, 2.75) is 30.2 Å². The Bertz CT molecular complexity index is 651. The average molecular weight is 354 g/mol. The quantitative estimate of drug-likeness (QED) is 0.691. The first-order chi connectivity index (χ1) is 10.6. The molecule has 2 nitrogen and oxygen atoms in total. The zero-order valence-electron chi connectivity index (χ0n) is 12.0. The van der Waals surface area contributed by atoms with Gasteiger partial charge in [-0.25, -0.2) is 4.31 Å². The molecule has 116 valence electrons. The highest BCUT2D eigenvalue weighted by Crippen LogP contribution is 2.44. The molecule has 1 N–H and O–H groups in total. The normalized spacial score (nSPS) is 19.3. The third-order valence-electron chi connectivity index (χ3n) is 3.85. The van der Waals surface area contributed by atoms with Crippen LogP contribution >= 0.6 is 35.1 Å². The topological polar surface area (TPSA) is 23.5 Å². The van der Waals surface area contributed by atoms with E-state index in [0.29, 0.717) is 21.0 Å². The number of phenolic OH excluding ortho intramolecular Hbond substituents is 1. The summed E-state index contributed by atoms with van der Waals surface area (Å²) in [5.41, 5.74) is 1.31. The molecule has 1 saturated heterocycles. The fraction of sp³-hybridized carbons (Fsp3) is 0.294. The molecular weight excluding hydrogens is 337 g/mol. The highest BCUT2D eigenvalue weighted by atomic mass is 35.5. The van der Waals surface area contributed by atoms with Crippen molar-refractivity contribution in [2.75, 3.05) is 6.54 Å². The van der Waals surface area contributed by atoms with Crippen molar-refractivity contribution in [3.63, 3.8) is 0 Å². The van der Waals surface area contributed by atoms with E-state index in [1.54, 1.807) is 12.1 Å². The van der Waals surface area contributed by atoms with E-state index in [2.05, 4.69) is 28.6 Å². The minimum Gasteiger partial charge on any atom is -0.505 e. The first-order valence-electron chi connectivity index (χ1n) is 7.33. The summed E-state index contributed by atoms with van der Waals surface area (Å²) < 4.78 is 2.32. The van der Waals surface area contributed by atoms with Gasteiger partial charge in [-0.05, 0) is 42.5 Å². The summed E-state index contributed by atoms with van der Waals surface area (Å²) in [5.74, 6) is 0.105. The monoisotopic (exact) mass is 353 g/mol. The van der Waals surface area contributed by atoms with Gasteiger partial charge in [0.25, 0.3) is 0 Å². The van der Waals surface area contributed by atoms with Crippen molar-refractivity contribution < 1.29 is 5.11 Å². The van der Waals surface area contributed by atoms with Gasteiger partial charge in [-0.2, -0.15) is 0 Å². The van der Waals surface area contributed by atoms with Crippen LogP contribution in [0.5, 0.6) is 5.75 Å². The molecule has 0 aromatic heterocycles. The lowest BCUT2D eigenvalue weighted by molar-refractivity contribution is 0.278. The van der Waals surface area contributed by atoms with E-state index in [1.807, 2.05) is 6.07 Å². The molecule has 1 fully saturated rings. The van der Waals surface area contributed by atoms with Gasteiger partial charge in [-0.1, -0.05) is 60.0 Å². The van der Waals surface area contributed by atoms with E-state index >= 15 is 0 Å². The summed E-state index contributed by atoms with van der Waals surface area (Å²) in [5, 5.41) is 11.0. The summed E-state index contributed by atoms with van der Waals surface area (Å²) in [4.78, 5) is 0.709. The van der Waals surface area contributed by atoms with Gasteiger partial charge in [-0.15, -0.1) is 0 Å². The van der Waals surface area contributed by atoms with Crippen LogP contribution in [0.4, 0.5) is 0 Å². The molecule has 3 rings (SSSR count). The van der Waals surface area contributed by atoms with Crippen molar-refractivity contribution in [2.24, 2.45) is 0 Å². The molecule has 1 heterocycles. The van der Waals surface area contributed by atoms with E-state index in [4.69, 9.17) is 23.2 Å². The molecule has 0 spiro atoms. The third-order valence-corrected chi connectivity index (χ3v) is 5.53. The molecule has 1 atom stereocenters. The molecule has 5 heteroatoms. The predicted molar refractivity (Wildman–Crippen MR) is 93.7 cm³/mol. The summed E-state index contributed by atoms with van der Waals surface area (Å²) in [6.07, 6.45) is 3.50. The van der Waals surface area contributed by atoms with E-state index in [0.717, 1.165) is 19.4 Å². The summed E-state index contributed by atoms with van der Waals surface area (Å²) in [6.45, 7) is 0.980. The van der Waals surface area contributed by atoms with Gasteiger partial charge in [0.1, 0.15) is 5.75 Å². The van der Waals surface area contributed by atoms with Gasteiger partial charge in [0.2, 0.25) is 0 Å². The molecule has 0 aliphatic carbocycles. The van der Waals surface area contributed by atoms with Crippen molar-refractivity contribution >= 4 is 35.1 Å². The second-order valence-electron chi connectivity index (χ2n) is 5.39. The largest absolute Gasteiger partial charge is 0.505 e. The van der Waals surface area contributed by atoms with Crippen molar-refractivity contribution in [3.05, 3.63) is 58.1 Å². The first kappa shape index (κ1) is 16.0. The Morgan fingerprint density at radius 1 is 1.09 bits per heavy atom. The highest BCUT2D eigenvalue weighted by Gasteiger charge is 2.26. The first-order valence-corrected chi connectivity index (χ1v) is 8.85. The molecule has 0 radical (unpaired) electrons. The Kier molecular flexibility index (Phi) is 5.19. The van der Waals surface area contributed by atoms with Crippen LogP contribution in [0.2, 0.25) is 10.0 Å². The molecule has 2 aromatic carbocycles. The lowest BCUT2D eigenvalue weighted by atomic mass is 9.98. The van der Waals surface area contributed by atoms with Crippen molar-refractivity contribution in [1.29, 1.82) is 0 Å². The van der Waals surface area contributed by atoms with Crippen LogP contribution in [0.15, 0.2) is 47.4 Å². The number of piperidine rings is 1. The zero-order chi connectivity index (χ0) is 15.5. The summed E-state index contributed by atoms with van der Waals surface area (Å²) in [7, 11) is 0. The smallest absolute Gasteiger partial charge is 0.149 e. The van der Waals surface area contributed by atoms with Crippen LogP contribution in [0, 0.1) is 0 Å². The van der Waals surface area contributed by atoms with Crippen molar-refractivity contribution in [1.82, 2.24) is 4.31 Å². The SMILES string of the molecule is Oc1c(Cl)cc(Cl)cc1SN1CCCCC1c1ccccc1. The Morgan fingerprint density at radius 3 is 2.64 bits per heavy atom. The van der Waals surface area contributed by atoms with Crippen LogP contribution in [0.25, 0.3) is 0 Å². The second kappa shape index (κ2) is 7.14. The Hall–Kier alpha value is -0.870. The van der Waals surface area contributed by atoms with Gasteiger partial charge in [-0.3, -0.25) is 0 Å². The number of aromatic hydroxyl groups is 1. The predicted octanol–water partition coefficient (Wildman–Crippen LogP) is 5.93. The van der Waals surface area contributed by atoms with Gasteiger partial charge < -0.3 is 5.11 Å². The molecule has 1 aliphatic heterocycles. The van der Waals surface area contributed by atoms with Gasteiger partial charge >= 0.3 is 0 Å². The number of nitrogens with zero attached hydrogens (tertiary/aromatic N) is 1. The van der Waals surface area contributed by atoms with Crippen LogP contribution in [0.1, 0.15) is 30.9 Å². The molecule has 0 saturated carbocycles. The number of rotatable bonds is 3. The lowest BCUT2D eigenvalue weighted by Crippen LogP contribution is -2.27. The Morgan fingerprint density at radius 2 is 1.86 bits per heavy atom. The van der Waals surface area contributed by atoms with Gasteiger partial charge in [0.15, 0.2) is 0 Å². The van der Waals surface area contributed by atoms with Crippen LogP contribution in [0.3, 0.4) is 0 Å². The summed E-state index contributed by atoms with van der Waals surface area (Å²) >= 11 is 13.6. The van der Waals surface area contributed by atoms with E-state index in [-0.39, 0.29) is 5.75 Å². The van der Waals surface area contributed by atoms with Gasteiger partial charge in [0, 0.05) is 17.6 Å². The van der Waals surface area contributed by atoms with E-state index in [9.17, 15) is 5.11 Å². The number of hydrogen-bond donors (Lipinski definition) is 1. The molecule has 0 amide bonds. The number of hydrogen-bond acceptors (Lipinski definition) is 3. The van der Waals surface area contributed by atoms with E-state index in [1.165, 1.54) is 23.9 Å². The Balaban J connectivity index is 1.86. The maximum Gasteiger partial charge on any atom is 0.149 e. The highest BCUT2D eigenvalue weighted by molar-refractivity contribution is 7.97. The molecule has 1 unspecified atom stereocenters. The maximum absolute atomic E-state index is 10.2. The molecule has 22 heavy (non-hydrogen) atoms. The molecular formula is C17H17Cl2NOS. The maximum atomic E-state index is 10.2. The number of benzene rings is 2. The standard InChI is InChI=1S/C17H17Cl2NOS/c18-13-10-14(19)17(21)16(11-13)22-20-9-5-4-8-15(20)12-6-2-1-3-7-12/h1-3,6-7,10-11,15,21H,4-5,8-9H2. The molecule has 1 aliphatic rings. The Labute approximate surface area is 145 Å². The number of halogens is 2. The van der Waals surface area contributed by atoms with E-state index < -0.39 is 0 Å². The minimum atomic E-state index is 0.105. The van der Waals surface area contributed by atoms with Gasteiger partial charge in [0.05, 0.1) is 9.92 Å². The fourth-order valence-corrected chi connectivity index (χ4v) is 4.58. The van der Waals surface area contributed by atoms with Crippen molar-refractivity contribution in [3.8, 4) is 5.75 Å². The minimum absolute atomic E-state index is 0.105. The molecule has 2 aromatic rings. The lowest BCUT2D eigenvalue weighted by Gasteiger charge is -2.35. The van der Waals surface area contributed by atoms with Crippen LogP contribution in [-0.4, -0.2) is 16.0 Å². The number of phenols is 1. The van der Waals surface area contributed by atoms with Crippen LogP contribution < -0.4 is 0 Å². The molecule has 0 bridgehead atoms. The average Bonchev–Trinajstić information content (AvgIpc) is 2.53. The zero-order valence-corrected chi connectivity index (χ0v) is 14.3. The fourth-order valence-electron chi connectivity index (χ4n) is 2.76. The third kappa shape index (κ3) is 3.54. The van der Waals surface area contributed by atoms with Crippen LogP contribution in [-0.2, 0) is 0 Å². The second-order valence-corrected chi connectivity index (χ2v) is 7.32. The summed E-state index contributed by atoms with van der Waals surface area (Å²) in [6, 6.07) is 14.2.